The molecular weight excluding hydrogens is 266 g/mol. The number of carbonyl (C=O) groups excluding carboxylic acids is 2. The number of hydrogen-bond donors (Lipinski definition) is 1. The second-order valence-electron chi connectivity index (χ2n) is 6.23. The van der Waals surface area contributed by atoms with Crippen LogP contribution in [0.4, 0.5) is 8.78 Å². The molecule has 1 unspecified atom stereocenters. The van der Waals surface area contributed by atoms with E-state index < -0.39 is 24.6 Å². The number of hydrogen-bond acceptors (Lipinski definition) is 2. The molecule has 0 radical (unpaired) electrons. The van der Waals surface area contributed by atoms with Crippen LogP contribution in [0.25, 0.3) is 0 Å². The first kappa shape index (κ1) is 15.2. The van der Waals surface area contributed by atoms with E-state index in [9.17, 15) is 18.4 Å². The van der Waals surface area contributed by atoms with Gasteiger partial charge in [-0.15, -0.1) is 0 Å². The van der Waals surface area contributed by atoms with Gasteiger partial charge in [-0.25, -0.2) is 8.78 Å². The molecule has 0 aromatic carbocycles. The molecule has 1 aliphatic carbocycles. The van der Waals surface area contributed by atoms with E-state index in [1.54, 1.807) is 0 Å². The van der Waals surface area contributed by atoms with E-state index in [2.05, 4.69) is 5.32 Å². The Balaban J connectivity index is 2.26. The highest BCUT2D eigenvalue weighted by Gasteiger charge is 2.54. The van der Waals surface area contributed by atoms with Crippen LogP contribution in [0.5, 0.6) is 0 Å². The lowest BCUT2D eigenvalue weighted by atomic mass is 9.87. The molecule has 2 aliphatic rings. The van der Waals surface area contributed by atoms with Gasteiger partial charge in [-0.05, 0) is 25.2 Å². The number of nitrogens with one attached hydrogen (secondary N) is 1. The number of alkyl halides is 2. The van der Waals surface area contributed by atoms with Gasteiger partial charge < -0.3 is 10.2 Å². The highest BCUT2D eigenvalue weighted by atomic mass is 19.3. The third kappa shape index (κ3) is 2.65. The van der Waals surface area contributed by atoms with Crippen LogP contribution in [0.15, 0.2) is 0 Å². The Morgan fingerprint density at radius 3 is 2.40 bits per heavy atom. The molecule has 1 aliphatic heterocycles. The van der Waals surface area contributed by atoms with E-state index in [1.807, 2.05) is 13.8 Å². The smallest absolute Gasteiger partial charge is 0.255 e. The fourth-order valence-electron chi connectivity index (χ4n) is 3.37. The Labute approximate surface area is 117 Å². The summed E-state index contributed by atoms with van der Waals surface area (Å²) >= 11 is 0. The van der Waals surface area contributed by atoms with Crippen LogP contribution in [-0.2, 0) is 9.59 Å². The summed E-state index contributed by atoms with van der Waals surface area (Å²) in [5.74, 6) is -0.378. The van der Waals surface area contributed by atoms with Crippen molar-refractivity contribution < 1.29 is 18.4 Å². The maximum atomic E-state index is 12.8. The minimum Gasteiger partial charge on any atom is -0.342 e. The lowest BCUT2D eigenvalue weighted by Gasteiger charge is -2.46. The summed E-state index contributed by atoms with van der Waals surface area (Å²) in [6, 6.07) is -0.660. The van der Waals surface area contributed by atoms with Crippen molar-refractivity contribution in [2.24, 2.45) is 5.92 Å². The first-order valence-electron chi connectivity index (χ1n) is 7.27. The monoisotopic (exact) mass is 288 g/mol. The second-order valence-corrected chi connectivity index (χ2v) is 6.23. The van der Waals surface area contributed by atoms with Crippen LogP contribution in [0, 0.1) is 5.92 Å². The van der Waals surface area contributed by atoms with Crippen molar-refractivity contribution in [1.82, 2.24) is 10.2 Å². The topological polar surface area (TPSA) is 49.4 Å². The zero-order valence-corrected chi connectivity index (χ0v) is 12.0. The van der Waals surface area contributed by atoms with Crippen LogP contribution >= 0.6 is 0 Å². The Hall–Kier alpha value is -1.20. The summed E-state index contributed by atoms with van der Waals surface area (Å²) in [4.78, 5) is 26.0. The summed E-state index contributed by atoms with van der Waals surface area (Å²) in [5, 5.41) is 2.76. The SMILES string of the molecule is CC(C)CC1NC(=O)C2(CCCC2)N(CC(F)F)C1=O. The number of rotatable bonds is 4. The van der Waals surface area contributed by atoms with Gasteiger partial charge in [0.2, 0.25) is 11.8 Å². The summed E-state index contributed by atoms with van der Waals surface area (Å²) in [7, 11) is 0. The van der Waals surface area contributed by atoms with Gasteiger partial charge >= 0.3 is 0 Å². The van der Waals surface area contributed by atoms with Crippen molar-refractivity contribution in [2.45, 2.75) is 64.0 Å². The molecule has 1 spiro atoms. The van der Waals surface area contributed by atoms with Crippen LogP contribution < -0.4 is 5.32 Å². The molecule has 20 heavy (non-hydrogen) atoms. The molecule has 1 saturated carbocycles. The van der Waals surface area contributed by atoms with Gasteiger partial charge in [0.1, 0.15) is 11.6 Å². The van der Waals surface area contributed by atoms with Gasteiger partial charge in [0.05, 0.1) is 6.54 Å². The van der Waals surface area contributed by atoms with Crippen molar-refractivity contribution in [3.05, 3.63) is 0 Å². The van der Waals surface area contributed by atoms with Crippen LogP contribution in [0.1, 0.15) is 46.0 Å². The average molecular weight is 288 g/mol. The fraction of sp³-hybridized carbons (Fsp3) is 0.857. The molecule has 0 bridgehead atoms. The molecule has 0 aromatic rings. The first-order valence-corrected chi connectivity index (χ1v) is 7.27. The molecule has 1 atom stereocenters. The Kier molecular flexibility index (Phi) is 4.30. The van der Waals surface area contributed by atoms with E-state index in [1.165, 1.54) is 0 Å². The highest BCUT2D eigenvalue weighted by molar-refractivity contribution is 6.00. The van der Waals surface area contributed by atoms with Crippen molar-refractivity contribution in [3.8, 4) is 0 Å². The zero-order chi connectivity index (χ0) is 14.9. The molecular formula is C14H22F2N2O2. The van der Waals surface area contributed by atoms with E-state index >= 15 is 0 Å². The summed E-state index contributed by atoms with van der Waals surface area (Å²) in [6.07, 6.45) is 0.463. The molecule has 6 heteroatoms. The number of halogens is 2. The normalized spacial score (nSPS) is 25.9. The molecule has 1 N–H and O–H groups in total. The van der Waals surface area contributed by atoms with Crippen molar-refractivity contribution >= 4 is 11.8 Å². The molecule has 4 nitrogen and oxygen atoms in total. The Morgan fingerprint density at radius 2 is 1.90 bits per heavy atom. The third-order valence-electron chi connectivity index (χ3n) is 4.27. The first-order chi connectivity index (χ1) is 9.36. The predicted molar refractivity (Wildman–Crippen MR) is 70.3 cm³/mol. The van der Waals surface area contributed by atoms with E-state index in [0.29, 0.717) is 19.3 Å². The maximum absolute atomic E-state index is 12.8. The summed E-state index contributed by atoms with van der Waals surface area (Å²) in [6.45, 7) is 3.24. The van der Waals surface area contributed by atoms with E-state index in [0.717, 1.165) is 17.7 Å². The molecule has 0 aromatic heterocycles. The highest BCUT2D eigenvalue weighted by Crippen LogP contribution is 2.39. The summed E-state index contributed by atoms with van der Waals surface area (Å²) in [5.41, 5.74) is -1.03. The maximum Gasteiger partial charge on any atom is 0.255 e. The molecule has 2 amide bonds. The standard InChI is InChI=1S/C14H22F2N2O2/c1-9(2)7-10-12(19)18(8-11(15)16)14(13(20)17-10)5-3-4-6-14/h9-11H,3-8H2,1-2H3,(H,17,20). The second kappa shape index (κ2) is 5.66. The van der Waals surface area contributed by atoms with Crippen LogP contribution in [0.2, 0.25) is 0 Å². The largest absolute Gasteiger partial charge is 0.342 e. The quantitative estimate of drug-likeness (QED) is 0.859. The number of piperazine rings is 1. The molecule has 2 fully saturated rings. The minimum atomic E-state index is -2.61. The molecule has 1 saturated heterocycles. The van der Waals surface area contributed by atoms with Crippen molar-refractivity contribution in [2.75, 3.05) is 6.54 Å². The lowest BCUT2D eigenvalue weighted by Crippen LogP contribution is -2.70. The van der Waals surface area contributed by atoms with Gasteiger partial charge in [0.15, 0.2) is 0 Å². The molecule has 1 heterocycles. The van der Waals surface area contributed by atoms with Crippen LogP contribution in [0.3, 0.4) is 0 Å². The lowest BCUT2D eigenvalue weighted by molar-refractivity contribution is -0.160. The molecule has 2 rings (SSSR count). The molecule has 114 valence electrons. The van der Waals surface area contributed by atoms with Gasteiger partial charge in [-0.3, -0.25) is 9.59 Å². The van der Waals surface area contributed by atoms with E-state index in [-0.39, 0.29) is 17.7 Å². The van der Waals surface area contributed by atoms with Crippen molar-refractivity contribution in [1.29, 1.82) is 0 Å². The summed E-state index contributed by atoms with van der Waals surface area (Å²) < 4.78 is 25.6. The Bertz CT molecular complexity index is 393. The average Bonchev–Trinajstić information content (AvgIpc) is 2.82. The number of nitrogens with zero attached hydrogens (tertiary/aromatic N) is 1. The van der Waals surface area contributed by atoms with E-state index in [4.69, 9.17) is 0 Å². The van der Waals surface area contributed by atoms with Gasteiger partial charge in [0.25, 0.3) is 6.43 Å². The number of carbonyl (C=O) groups is 2. The van der Waals surface area contributed by atoms with Crippen LogP contribution in [-0.4, -0.2) is 41.3 Å². The minimum absolute atomic E-state index is 0.218. The van der Waals surface area contributed by atoms with Gasteiger partial charge in [0, 0.05) is 0 Å². The third-order valence-corrected chi connectivity index (χ3v) is 4.27. The van der Waals surface area contributed by atoms with Gasteiger partial charge in [-0.1, -0.05) is 26.7 Å². The predicted octanol–water partition coefficient (Wildman–Crippen LogP) is 1.94. The van der Waals surface area contributed by atoms with Gasteiger partial charge in [-0.2, -0.15) is 0 Å². The van der Waals surface area contributed by atoms with Crippen molar-refractivity contribution in [3.63, 3.8) is 0 Å². The fourth-order valence-corrected chi connectivity index (χ4v) is 3.37. The number of amides is 2. The zero-order valence-electron chi connectivity index (χ0n) is 12.0. The Morgan fingerprint density at radius 1 is 1.30 bits per heavy atom.